The molecule has 188 valence electrons. The maximum absolute atomic E-state index is 14.6. The lowest BCUT2D eigenvalue weighted by molar-refractivity contribution is -0.140. The molecular weight excluding hydrogens is 459 g/mol. The molecule has 2 aromatic carbocycles. The van der Waals surface area contributed by atoms with Crippen molar-refractivity contribution in [2.24, 2.45) is 11.1 Å². The summed E-state index contributed by atoms with van der Waals surface area (Å²) < 4.78 is 44.5. The molecule has 1 unspecified atom stereocenters. The molecule has 0 bridgehead atoms. The number of hydrogen-bond acceptors (Lipinski definition) is 5. The van der Waals surface area contributed by atoms with Crippen LogP contribution in [0.15, 0.2) is 48.5 Å². The fourth-order valence-corrected chi connectivity index (χ4v) is 3.94. The van der Waals surface area contributed by atoms with Crippen molar-refractivity contribution >= 4 is 5.91 Å². The molecule has 0 spiro atoms. The zero-order valence-electron chi connectivity index (χ0n) is 20.0. The van der Waals surface area contributed by atoms with E-state index in [9.17, 15) is 23.1 Å². The van der Waals surface area contributed by atoms with Crippen LogP contribution in [-0.2, 0) is 11.3 Å². The first-order valence-corrected chi connectivity index (χ1v) is 11.2. The van der Waals surface area contributed by atoms with Gasteiger partial charge in [-0.15, -0.1) is 0 Å². The van der Waals surface area contributed by atoms with Gasteiger partial charge in [-0.25, -0.2) is 22.8 Å². The normalized spacial score (nSPS) is 13.5. The molecule has 0 radical (unpaired) electrons. The van der Waals surface area contributed by atoms with Gasteiger partial charge in [0.2, 0.25) is 5.91 Å². The minimum atomic E-state index is -1.54. The summed E-state index contributed by atoms with van der Waals surface area (Å²) in [5.41, 5.74) is 5.46. The Labute approximate surface area is 202 Å². The van der Waals surface area contributed by atoms with E-state index in [2.05, 4.69) is 10.1 Å². The molecule has 3 aromatic rings. The number of nitrogens with zero attached hydrogens (tertiary/aromatic N) is 4. The molecule has 1 heterocycles. The molecule has 0 aliphatic carbocycles. The monoisotopic (exact) mass is 489 g/mol. The highest BCUT2D eigenvalue weighted by atomic mass is 19.1. The van der Waals surface area contributed by atoms with Gasteiger partial charge < -0.3 is 15.7 Å². The second-order valence-electron chi connectivity index (χ2n) is 9.37. The quantitative estimate of drug-likeness (QED) is 0.480. The van der Waals surface area contributed by atoms with Crippen molar-refractivity contribution in [1.82, 2.24) is 19.7 Å². The van der Waals surface area contributed by atoms with Gasteiger partial charge in [0.05, 0.1) is 24.7 Å². The van der Waals surface area contributed by atoms with Gasteiger partial charge in [0, 0.05) is 6.54 Å². The van der Waals surface area contributed by atoms with Gasteiger partial charge in [-0.3, -0.25) is 4.79 Å². The van der Waals surface area contributed by atoms with Crippen LogP contribution < -0.4 is 5.73 Å². The zero-order valence-corrected chi connectivity index (χ0v) is 20.0. The fraction of sp³-hybridized carbons (Fsp3) is 0.400. The van der Waals surface area contributed by atoms with E-state index >= 15 is 0 Å². The Hall–Kier alpha value is -3.24. The predicted octanol–water partition coefficient (Wildman–Crippen LogP) is 3.48. The van der Waals surface area contributed by atoms with E-state index in [4.69, 9.17) is 5.73 Å². The van der Waals surface area contributed by atoms with E-state index in [1.54, 1.807) is 0 Å². The SMILES string of the molecule is CC(C)(C)[C@H](c1nc(-c2cc(F)ccc2F)nn1Cc1ccccc1)N(CC(F)CN)C(=O)CO. The van der Waals surface area contributed by atoms with Crippen LogP contribution in [0.5, 0.6) is 0 Å². The van der Waals surface area contributed by atoms with E-state index < -0.39 is 41.8 Å². The third kappa shape index (κ3) is 6.26. The maximum atomic E-state index is 14.6. The third-order valence-electron chi connectivity index (χ3n) is 5.53. The van der Waals surface area contributed by atoms with Crippen molar-refractivity contribution < 1.29 is 23.1 Å². The molecule has 0 saturated carbocycles. The van der Waals surface area contributed by atoms with Crippen LogP contribution >= 0.6 is 0 Å². The van der Waals surface area contributed by atoms with E-state index in [0.29, 0.717) is 0 Å². The number of aliphatic hydroxyl groups is 1. The van der Waals surface area contributed by atoms with Crippen LogP contribution in [0, 0.1) is 17.0 Å². The molecule has 35 heavy (non-hydrogen) atoms. The number of hydrogen-bond donors (Lipinski definition) is 2. The summed E-state index contributed by atoms with van der Waals surface area (Å²) in [6.07, 6.45) is -1.54. The summed E-state index contributed by atoms with van der Waals surface area (Å²) >= 11 is 0. The van der Waals surface area contributed by atoms with Crippen LogP contribution in [-0.4, -0.2) is 56.5 Å². The highest BCUT2D eigenvalue weighted by Crippen LogP contribution is 2.39. The first-order chi connectivity index (χ1) is 16.5. The lowest BCUT2D eigenvalue weighted by atomic mass is 9.84. The molecule has 10 heteroatoms. The van der Waals surface area contributed by atoms with Crippen LogP contribution in [0.3, 0.4) is 0 Å². The molecule has 0 aliphatic rings. The van der Waals surface area contributed by atoms with Crippen LogP contribution in [0.2, 0.25) is 0 Å². The van der Waals surface area contributed by atoms with Gasteiger partial charge >= 0.3 is 0 Å². The summed E-state index contributed by atoms with van der Waals surface area (Å²) in [7, 11) is 0. The molecule has 0 aliphatic heterocycles. The number of alkyl halides is 1. The second kappa shape index (κ2) is 11.0. The molecule has 3 rings (SSSR count). The van der Waals surface area contributed by atoms with Crippen molar-refractivity contribution in [3.63, 3.8) is 0 Å². The van der Waals surface area contributed by atoms with Crippen molar-refractivity contribution in [2.45, 2.75) is 39.5 Å². The summed E-state index contributed by atoms with van der Waals surface area (Å²) in [6.45, 7) is 4.16. The average Bonchev–Trinajstić information content (AvgIpc) is 3.21. The lowest BCUT2D eigenvalue weighted by Crippen LogP contribution is -2.47. The number of aromatic nitrogens is 3. The van der Waals surface area contributed by atoms with Crippen LogP contribution in [0.25, 0.3) is 11.4 Å². The number of carbonyl (C=O) groups is 1. The first-order valence-electron chi connectivity index (χ1n) is 11.2. The van der Waals surface area contributed by atoms with Gasteiger partial charge in [0.1, 0.15) is 24.4 Å². The topological polar surface area (TPSA) is 97.3 Å². The van der Waals surface area contributed by atoms with E-state index in [-0.39, 0.29) is 36.8 Å². The minimum absolute atomic E-state index is 0.0748. The highest BCUT2D eigenvalue weighted by Gasteiger charge is 2.39. The van der Waals surface area contributed by atoms with Crippen LogP contribution in [0.4, 0.5) is 13.2 Å². The molecular formula is C25H30F3N5O2. The van der Waals surface area contributed by atoms with Crippen molar-refractivity contribution in [1.29, 1.82) is 0 Å². The molecule has 7 nitrogen and oxygen atoms in total. The fourth-order valence-electron chi connectivity index (χ4n) is 3.94. The van der Waals surface area contributed by atoms with Crippen molar-refractivity contribution in [2.75, 3.05) is 19.7 Å². The highest BCUT2D eigenvalue weighted by molar-refractivity contribution is 5.77. The summed E-state index contributed by atoms with van der Waals surface area (Å²) in [6, 6.07) is 11.4. The Kier molecular flexibility index (Phi) is 8.29. The largest absolute Gasteiger partial charge is 0.387 e. The molecule has 0 saturated heterocycles. The maximum Gasteiger partial charge on any atom is 0.249 e. The zero-order chi connectivity index (χ0) is 25.8. The van der Waals surface area contributed by atoms with Gasteiger partial charge in [0.25, 0.3) is 0 Å². The van der Waals surface area contributed by atoms with Gasteiger partial charge in [0.15, 0.2) is 11.6 Å². The Balaban J connectivity index is 2.22. The minimum Gasteiger partial charge on any atom is -0.387 e. The summed E-state index contributed by atoms with van der Waals surface area (Å²) in [5, 5.41) is 14.1. The van der Waals surface area contributed by atoms with Crippen LogP contribution in [0.1, 0.15) is 38.2 Å². The standard InChI is InChI=1S/C25H30F3N5O2/c1-25(2,3)22(32(21(35)15-34)14-18(27)12-29)24-30-23(19-11-17(26)9-10-20(19)28)31-33(24)13-16-7-5-4-6-8-16/h4-11,18,22,34H,12-15,29H2,1-3H3/t18?,22-/m0/s1. The van der Waals surface area contributed by atoms with Crippen molar-refractivity contribution in [3.8, 4) is 11.4 Å². The van der Waals surface area contributed by atoms with Crippen molar-refractivity contribution in [3.05, 3.63) is 71.6 Å². The average molecular weight is 490 g/mol. The molecule has 1 aromatic heterocycles. The third-order valence-corrected chi connectivity index (χ3v) is 5.53. The number of amides is 1. The molecule has 2 atom stereocenters. The number of halogens is 3. The lowest BCUT2D eigenvalue weighted by Gasteiger charge is -2.39. The Morgan fingerprint density at radius 3 is 2.46 bits per heavy atom. The number of rotatable bonds is 9. The smallest absolute Gasteiger partial charge is 0.249 e. The van der Waals surface area contributed by atoms with Gasteiger partial charge in [-0.2, -0.15) is 5.10 Å². The number of carbonyl (C=O) groups excluding carboxylic acids is 1. The number of aliphatic hydroxyl groups excluding tert-OH is 1. The van der Waals surface area contributed by atoms with E-state index in [0.717, 1.165) is 23.8 Å². The Morgan fingerprint density at radius 2 is 1.86 bits per heavy atom. The molecule has 1 amide bonds. The summed E-state index contributed by atoms with van der Waals surface area (Å²) in [4.78, 5) is 18.5. The Morgan fingerprint density at radius 1 is 1.17 bits per heavy atom. The molecule has 0 fully saturated rings. The van der Waals surface area contributed by atoms with E-state index in [1.165, 1.54) is 9.58 Å². The van der Waals surface area contributed by atoms with Gasteiger partial charge in [-0.1, -0.05) is 51.1 Å². The first kappa shape index (κ1) is 26.4. The molecule has 3 N–H and O–H groups in total. The predicted molar refractivity (Wildman–Crippen MR) is 126 cm³/mol. The number of benzene rings is 2. The van der Waals surface area contributed by atoms with Gasteiger partial charge in [-0.05, 0) is 29.2 Å². The number of nitrogens with two attached hydrogens (primary N) is 1. The summed E-state index contributed by atoms with van der Waals surface area (Å²) in [5.74, 6) is -1.92. The second-order valence-corrected chi connectivity index (χ2v) is 9.37. The van der Waals surface area contributed by atoms with E-state index in [1.807, 2.05) is 51.1 Å². The Bertz CT molecular complexity index is 1150.